The maximum Gasteiger partial charge on any atom is 0.490 e. The minimum atomic E-state index is -5.08. The standard InChI is InChI=1S/C15H23ClN2.2C2HF3O2/c1-17(2)15-9-11-18(12-15)10-3-4-13-5-7-14(16)8-6-13;2*3-2(4,5)1(6)7/h5-8,15H,3-4,9-12H2,1-2H3;2*(H,6,7). The Morgan fingerprint density at radius 3 is 1.81 bits per heavy atom. The SMILES string of the molecule is CN(C)C1CCN(CCCc2ccc(Cl)cc2)C1.O=C(O)C(F)(F)F.O=C(O)C(F)(F)F. The molecule has 0 radical (unpaired) electrons. The highest BCUT2D eigenvalue weighted by molar-refractivity contribution is 6.30. The van der Waals surface area contributed by atoms with E-state index in [1.807, 2.05) is 12.1 Å². The molecule has 1 saturated heterocycles. The highest BCUT2D eigenvalue weighted by atomic mass is 35.5. The van der Waals surface area contributed by atoms with Crippen molar-refractivity contribution < 1.29 is 46.1 Å². The number of likely N-dealkylation sites (tertiary alicyclic amines) is 1. The Labute approximate surface area is 186 Å². The van der Waals surface area contributed by atoms with Gasteiger partial charge in [0.15, 0.2) is 0 Å². The molecular weight excluding hydrogens is 470 g/mol. The lowest BCUT2D eigenvalue weighted by molar-refractivity contribution is -0.193. The van der Waals surface area contributed by atoms with Crippen molar-refractivity contribution >= 4 is 23.5 Å². The Bertz CT molecular complexity index is 687. The quantitative estimate of drug-likeness (QED) is 0.598. The van der Waals surface area contributed by atoms with Crippen LogP contribution < -0.4 is 0 Å². The topological polar surface area (TPSA) is 81.1 Å². The number of rotatable bonds is 5. The van der Waals surface area contributed by atoms with Gasteiger partial charge in [-0.25, -0.2) is 9.59 Å². The van der Waals surface area contributed by atoms with Gasteiger partial charge < -0.3 is 20.0 Å². The van der Waals surface area contributed by atoms with Crippen LogP contribution in [0, 0.1) is 0 Å². The third kappa shape index (κ3) is 13.4. The predicted molar refractivity (Wildman–Crippen MR) is 106 cm³/mol. The van der Waals surface area contributed by atoms with Gasteiger partial charge in [0.1, 0.15) is 0 Å². The minimum absolute atomic E-state index is 0.750. The number of alkyl halides is 6. The smallest absolute Gasteiger partial charge is 0.475 e. The number of likely N-dealkylation sites (N-methyl/N-ethyl adjacent to an activating group) is 1. The number of carbonyl (C=O) groups is 2. The molecule has 13 heteroatoms. The zero-order chi connectivity index (χ0) is 25.1. The summed E-state index contributed by atoms with van der Waals surface area (Å²) in [6.45, 7) is 3.70. The fraction of sp³-hybridized carbons (Fsp3) is 0.579. The summed E-state index contributed by atoms with van der Waals surface area (Å²) >= 11 is 5.88. The van der Waals surface area contributed by atoms with Crippen LogP contribution in [-0.4, -0.2) is 84.1 Å². The van der Waals surface area contributed by atoms with Gasteiger partial charge in [-0.3, -0.25) is 0 Å². The summed E-state index contributed by atoms with van der Waals surface area (Å²) in [5.74, 6) is -5.51. The number of benzene rings is 1. The molecule has 1 aliphatic heterocycles. The molecular formula is C19H25ClF6N2O4. The Hall–Kier alpha value is -2.05. The summed E-state index contributed by atoms with van der Waals surface area (Å²) in [4.78, 5) is 22.7. The molecule has 1 aromatic carbocycles. The van der Waals surface area contributed by atoms with Crippen LogP contribution in [0.4, 0.5) is 26.3 Å². The van der Waals surface area contributed by atoms with Crippen LogP contribution in [0.3, 0.4) is 0 Å². The van der Waals surface area contributed by atoms with Crippen molar-refractivity contribution in [2.24, 2.45) is 0 Å². The molecule has 0 aromatic heterocycles. The minimum Gasteiger partial charge on any atom is -0.475 e. The van der Waals surface area contributed by atoms with Crippen LogP contribution in [0.1, 0.15) is 18.4 Å². The third-order valence-corrected chi connectivity index (χ3v) is 4.57. The number of carboxylic acid groups (broad SMARTS) is 2. The van der Waals surface area contributed by atoms with Gasteiger partial charge in [0.2, 0.25) is 0 Å². The van der Waals surface area contributed by atoms with E-state index in [4.69, 9.17) is 31.4 Å². The van der Waals surface area contributed by atoms with E-state index in [0.29, 0.717) is 0 Å². The highest BCUT2D eigenvalue weighted by Crippen LogP contribution is 2.16. The molecule has 1 unspecified atom stereocenters. The molecule has 0 spiro atoms. The van der Waals surface area contributed by atoms with E-state index in [1.54, 1.807) is 0 Å². The Morgan fingerprint density at radius 1 is 1.03 bits per heavy atom. The summed E-state index contributed by atoms with van der Waals surface area (Å²) in [6, 6.07) is 8.98. The average Bonchev–Trinajstić information content (AvgIpc) is 3.12. The zero-order valence-corrected chi connectivity index (χ0v) is 18.1. The van der Waals surface area contributed by atoms with E-state index in [1.165, 1.54) is 38.0 Å². The summed E-state index contributed by atoms with van der Waals surface area (Å²) in [6.07, 6.45) is -6.46. The van der Waals surface area contributed by atoms with E-state index in [9.17, 15) is 26.3 Å². The molecule has 2 N–H and O–H groups in total. The van der Waals surface area contributed by atoms with Gasteiger partial charge in [0.25, 0.3) is 0 Å². The van der Waals surface area contributed by atoms with E-state index >= 15 is 0 Å². The zero-order valence-electron chi connectivity index (χ0n) is 17.4. The lowest BCUT2D eigenvalue weighted by Gasteiger charge is -2.20. The molecule has 0 amide bonds. The van der Waals surface area contributed by atoms with Gasteiger partial charge in [0, 0.05) is 17.6 Å². The third-order valence-electron chi connectivity index (χ3n) is 4.32. The highest BCUT2D eigenvalue weighted by Gasteiger charge is 2.38. The molecule has 1 heterocycles. The fourth-order valence-electron chi connectivity index (χ4n) is 2.59. The van der Waals surface area contributed by atoms with E-state index in [2.05, 4.69) is 36.0 Å². The normalized spacial score (nSPS) is 16.6. The molecule has 1 fully saturated rings. The first-order valence-corrected chi connectivity index (χ1v) is 9.65. The Balaban J connectivity index is 0.000000570. The fourth-order valence-corrected chi connectivity index (χ4v) is 2.72. The number of aryl methyl sites for hydroxylation is 1. The van der Waals surface area contributed by atoms with Crippen LogP contribution in [-0.2, 0) is 16.0 Å². The number of hydrogen-bond acceptors (Lipinski definition) is 4. The molecule has 1 aromatic rings. The summed E-state index contributed by atoms with van der Waals surface area (Å²) in [5, 5.41) is 15.1. The maximum absolute atomic E-state index is 10.6. The van der Waals surface area contributed by atoms with Crippen molar-refractivity contribution in [2.45, 2.75) is 37.7 Å². The lowest BCUT2D eigenvalue weighted by Crippen LogP contribution is -2.31. The number of carboxylic acids is 2. The molecule has 0 aliphatic carbocycles. The Morgan fingerprint density at radius 2 is 1.47 bits per heavy atom. The second-order valence-corrected chi connectivity index (χ2v) is 7.48. The lowest BCUT2D eigenvalue weighted by atomic mass is 10.1. The van der Waals surface area contributed by atoms with Crippen molar-refractivity contribution in [3.8, 4) is 0 Å². The van der Waals surface area contributed by atoms with Gasteiger partial charge in [-0.2, -0.15) is 26.3 Å². The number of hydrogen-bond donors (Lipinski definition) is 2. The summed E-state index contributed by atoms with van der Waals surface area (Å²) < 4.78 is 63.5. The van der Waals surface area contributed by atoms with Crippen LogP contribution in [0.5, 0.6) is 0 Å². The second kappa shape index (κ2) is 13.5. The molecule has 0 saturated carbocycles. The first kappa shape index (κ1) is 29.9. The van der Waals surface area contributed by atoms with Gasteiger partial charge in [0.05, 0.1) is 0 Å². The number of aliphatic carboxylic acids is 2. The first-order valence-electron chi connectivity index (χ1n) is 9.27. The average molecular weight is 495 g/mol. The maximum atomic E-state index is 10.6. The first-order chi connectivity index (χ1) is 14.5. The molecule has 1 atom stereocenters. The van der Waals surface area contributed by atoms with Gasteiger partial charge in [-0.15, -0.1) is 0 Å². The monoisotopic (exact) mass is 494 g/mol. The van der Waals surface area contributed by atoms with Gasteiger partial charge >= 0.3 is 24.3 Å². The van der Waals surface area contributed by atoms with Crippen molar-refractivity contribution in [3.05, 3.63) is 34.9 Å². The molecule has 32 heavy (non-hydrogen) atoms. The van der Waals surface area contributed by atoms with Crippen LogP contribution in [0.15, 0.2) is 24.3 Å². The molecule has 184 valence electrons. The molecule has 2 rings (SSSR count). The van der Waals surface area contributed by atoms with Crippen LogP contribution in [0.25, 0.3) is 0 Å². The largest absolute Gasteiger partial charge is 0.490 e. The summed E-state index contributed by atoms with van der Waals surface area (Å²) in [5.41, 5.74) is 1.39. The molecule has 1 aliphatic rings. The van der Waals surface area contributed by atoms with Crippen molar-refractivity contribution in [1.82, 2.24) is 9.80 Å². The second-order valence-electron chi connectivity index (χ2n) is 7.04. The molecule has 6 nitrogen and oxygen atoms in total. The van der Waals surface area contributed by atoms with Crippen molar-refractivity contribution in [1.29, 1.82) is 0 Å². The van der Waals surface area contributed by atoms with Crippen molar-refractivity contribution in [2.75, 3.05) is 33.7 Å². The van der Waals surface area contributed by atoms with Gasteiger partial charge in [-0.1, -0.05) is 23.7 Å². The van der Waals surface area contributed by atoms with Gasteiger partial charge in [-0.05, 0) is 64.1 Å². The predicted octanol–water partition coefficient (Wildman–Crippen LogP) is 4.18. The van der Waals surface area contributed by atoms with Crippen molar-refractivity contribution in [3.63, 3.8) is 0 Å². The molecule has 0 bridgehead atoms. The number of halogens is 7. The van der Waals surface area contributed by atoms with E-state index < -0.39 is 24.3 Å². The Kier molecular flexibility index (Phi) is 12.6. The van der Waals surface area contributed by atoms with Crippen LogP contribution in [0.2, 0.25) is 5.02 Å². The number of nitrogens with zero attached hydrogens (tertiary/aromatic N) is 2. The van der Waals surface area contributed by atoms with E-state index in [-0.39, 0.29) is 0 Å². The summed E-state index contributed by atoms with van der Waals surface area (Å²) in [7, 11) is 4.36. The van der Waals surface area contributed by atoms with E-state index in [0.717, 1.165) is 17.5 Å². The van der Waals surface area contributed by atoms with Crippen LogP contribution >= 0.6 is 11.6 Å².